The van der Waals surface area contributed by atoms with E-state index in [0.717, 1.165) is 18.2 Å². The molecule has 2 rings (SSSR count). The highest BCUT2D eigenvalue weighted by Gasteiger charge is 2.12. The molecule has 0 amide bonds. The van der Waals surface area contributed by atoms with Gasteiger partial charge in [-0.15, -0.1) is 11.3 Å². The van der Waals surface area contributed by atoms with Gasteiger partial charge in [0.1, 0.15) is 0 Å². The van der Waals surface area contributed by atoms with E-state index >= 15 is 0 Å². The summed E-state index contributed by atoms with van der Waals surface area (Å²) in [6.07, 6.45) is 3.85. The third kappa shape index (κ3) is 3.89. The molecule has 1 aromatic heterocycles. The van der Waals surface area contributed by atoms with Gasteiger partial charge in [-0.1, -0.05) is 0 Å². The van der Waals surface area contributed by atoms with Crippen molar-refractivity contribution in [1.29, 1.82) is 0 Å². The number of rotatable bonds is 5. The molecule has 0 spiro atoms. The van der Waals surface area contributed by atoms with E-state index < -0.39 is 0 Å². The zero-order chi connectivity index (χ0) is 10.3. The summed E-state index contributed by atoms with van der Waals surface area (Å²) in [5.41, 5.74) is 2.91. The molecule has 84 valence electrons. The molecular weight excluding hydrogens is 208 g/mol. The predicted molar refractivity (Wildman–Crippen MR) is 62.0 cm³/mol. The fourth-order valence-corrected chi connectivity index (χ4v) is 2.45. The van der Waals surface area contributed by atoms with Crippen molar-refractivity contribution in [3.8, 4) is 0 Å². The van der Waals surface area contributed by atoms with Crippen LogP contribution in [0.15, 0.2) is 10.9 Å². The minimum atomic E-state index is 0.670. The first-order valence-electron chi connectivity index (χ1n) is 5.60. The molecule has 1 aromatic rings. The van der Waals surface area contributed by atoms with Crippen LogP contribution in [0.1, 0.15) is 25.0 Å². The molecule has 1 N–H and O–H groups in total. The van der Waals surface area contributed by atoms with Crippen molar-refractivity contribution in [3.63, 3.8) is 0 Å². The second-order valence-electron chi connectivity index (χ2n) is 4.03. The van der Waals surface area contributed by atoms with Crippen LogP contribution in [-0.2, 0) is 11.3 Å². The summed E-state index contributed by atoms with van der Waals surface area (Å²) in [6, 6.07) is 0. The summed E-state index contributed by atoms with van der Waals surface area (Å²) in [5.74, 6) is 0.814. The Hall–Kier alpha value is -0.450. The minimum Gasteiger partial charge on any atom is -0.375 e. The van der Waals surface area contributed by atoms with Gasteiger partial charge >= 0.3 is 0 Å². The van der Waals surface area contributed by atoms with Gasteiger partial charge in [0.2, 0.25) is 0 Å². The predicted octanol–water partition coefficient (Wildman–Crippen LogP) is 2.05. The quantitative estimate of drug-likeness (QED) is 0.780. The smallest absolute Gasteiger partial charge is 0.0896 e. The van der Waals surface area contributed by atoms with Crippen LogP contribution in [0.3, 0.4) is 0 Å². The zero-order valence-electron chi connectivity index (χ0n) is 8.95. The Kier molecular flexibility index (Phi) is 4.57. The molecule has 0 aromatic carbocycles. The van der Waals surface area contributed by atoms with Gasteiger partial charge in [0.05, 0.1) is 17.8 Å². The minimum absolute atomic E-state index is 0.670. The molecule has 1 fully saturated rings. The number of nitrogens with zero attached hydrogens (tertiary/aromatic N) is 1. The Morgan fingerprint density at radius 1 is 1.60 bits per heavy atom. The molecule has 1 unspecified atom stereocenters. The van der Waals surface area contributed by atoms with Crippen LogP contribution in [0.4, 0.5) is 0 Å². The highest BCUT2D eigenvalue weighted by molar-refractivity contribution is 7.07. The maximum absolute atomic E-state index is 5.60. The summed E-state index contributed by atoms with van der Waals surface area (Å²) >= 11 is 1.62. The fourth-order valence-electron chi connectivity index (χ4n) is 1.91. The number of piperidine rings is 1. The summed E-state index contributed by atoms with van der Waals surface area (Å²) in [7, 11) is 0. The molecule has 0 radical (unpaired) electrons. The Labute approximate surface area is 94.9 Å². The van der Waals surface area contributed by atoms with Gasteiger partial charge in [-0.25, -0.2) is 4.98 Å². The van der Waals surface area contributed by atoms with E-state index in [0.29, 0.717) is 6.61 Å². The molecule has 3 nitrogen and oxygen atoms in total. The molecule has 15 heavy (non-hydrogen) atoms. The number of ether oxygens (including phenoxy) is 1. The largest absolute Gasteiger partial charge is 0.375 e. The van der Waals surface area contributed by atoms with Crippen molar-refractivity contribution in [2.24, 2.45) is 5.92 Å². The summed E-state index contributed by atoms with van der Waals surface area (Å²) < 4.78 is 5.60. The molecule has 4 heteroatoms. The standard InChI is InChI=1S/C11H18N2OS/c1-2-10(6-12-4-1)3-5-14-7-11-8-15-9-13-11/h8-10,12H,1-7H2. The lowest BCUT2D eigenvalue weighted by atomic mass is 9.97. The van der Waals surface area contributed by atoms with Gasteiger partial charge in [-0.3, -0.25) is 0 Å². The lowest BCUT2D eigenvalue weighted by Gasteiger charge is -2.22. The van der Waals surface area contributed by atoms with Crippen LogP contribution in [0.25, 0.3) is 0 Å². The maximum atomic E-state index is 5.60. The molecule has 2 heterocycles. The zero-order valence-corrected chi connectivity index (χ0v) is 9.76. The number of aromatic nitrogens is 1. The van der Waals surface area contributed by atoms with Gasteiger partial charge in [0, 0.05) is 12.0 Å². The van der Waals surface area contributed by atoms with Crippen LogP contribution >= 0.6 is 11.3 Å². The average Bonchev–Trinajstić information content (AvgIpc) is 2.79. The van der Waals surface area contributed by atoms with Crippen LogP contribution in [0.2, 0.25) is 0 Å². The number of hydrogen-bond acceptors (Lipinski definition) is 4. The van der Waals surface area contributed by atoms with E-state index in [9.17, 15) is 0 Å². The highest BCUT2D eigenvalue weighted by atomic mass is 32.1. The maximum Gasteiger partial charge on any atom is 0.0896 e. The van der Waals surface area contributed by atoms with Crippen molar-refractivity contribution in [1.82, 2.24) is 10.3 Å². The van der Waals surface area contributed by atoms with E-state index in [2.05, 4.69) is 10.3 Å². The molecule has 1 saturated heterocycles. The Morgan fingerprint density at radius 2 is 2.60 bits per heavy atom. The van der Waals surface area contributed by atoms with Crippen molar-refractivity contribution in [2.75, 3.05) is 19.7 Å². The van der Waals surface area contributed by atoms with Crippen molar-refractivity contribution in [3.05, 3.63) is 16.6 Å². The lowest BCUT2D eigenvalue weighted by Crippen LogP contribution is -2.30. The van der Waals surface area contributed by atoms with Gasteiger partial charge in [-0.05, 0) is 38.3 Å². The first-order valence-corrected chi connectivity index (χ1v) is 6.55. The highest BCUT2D eigenvalue weighted by Crippen LogP contribution is 2.14. The molecule has 0 bridgehead atoms. The summed E-state index contributed by atoms with van der Waals surface area (Å²) in [5, 5.41) is 5.47. The first kappa shape index (κ1) is 11.0. The van der Waals surface area contributed by atoms with Gasteiger partial charge in [-0.2, -0.15) is 0 Å². The third-order valence-corrected chi connectivity index (χ3v) is 3.44. The Morgan fingerprint density at radius 3 is 3.33 bits per heavy atom. The molecule has 1 aliphatic rings. The molecular formula is C11H18N2OS. The number of hydrogen-bond donors (Lipinski definition) is 1. The van der Waals surface area contributed by atoms with Crippen molar-refractivity contribution >= 4 is 11.3 Å². The summed E-state index contributed by atoms with van der Waals surface area (Å²) in [4.78, 5) is 4.18. The van der Waals surface area contributed by atoms with Gasteiger partial charge < -0.3 is 10.1 Å². The molecule has 0 aliphatic carbocycles. The van der Waals surface area contributed by atoms with E-state index in [1.54, 1.807) is 11.3 Å². The molecule has 1 aliphatic heterocycles. The van der Waals surface area contributed by atoms with E-state index in [1.165, 1.54) is 32.4 Å². The first-order chi connectivity index (χ1) is 7.45. The lowest BCUT2D eigenvalue weighted by molar-refractivity contribution is 0.101. The third-order valence-electron chi connectivity index (χ3n) is 2.80. The van der Waals surface area contributed by atoms with Crippen LogP contribution in [0, 0.1) is 5.92 Å². The monoisotopic (exact) mass is 226 g/mol. The van der Waals surface area contributed by atoms with Gasteiger partial charge in [0.15, 0.2) is 0 Å². The number of thiazole rings is 1. The topological polar surface area (TPSA) is 34.1 Å². The second kappa shape index (κ2) is 6.20. The fraction of sp³-hybridized carbons (Fsp3) is 0.727. The van der Waals surface area contributed by atoms with Gasteiger partial charge in [0.25, 0.3) is 0 Å². The van der Waals surface area contributed by atoms with E-state index in [-0.39, 0.29) is 0 Å². The average molecular weight is 226 g/mol. The van der Waals surface area contributed by atoms with E-state index in [1.807, 2.05) is 10.9 Å². The van der Waals surface area contributed by atoms with E-state index in [4.69, 9.17) is 4.74 Å². The summed E-state index contributed by atoms with van der Waals surface area (Å²) in [6.45, 7) is 3.89. The number of nitrogens with one attached hydrogen (secondary N) is 1. The molecule has 0 saturated carbocycles. The Balaban J connectivity index is 1.54. The molecule has 1 atom stereocenters. The van der Waals surface area contributed by atoms with Crippen molar-refractivity contribution in [2.45, 2.75) is 25.9 Å². The van der Waals surface area contributed by atoms with Crippen molar-refractivity contribution < 1.29 is 4.74 Å². The van der Waals surface area contributed by atoms with Crippen LogP contribution in [-0.4, -0.2) is 24.7 Å². The van der Waals surface area contributed by atoms with Crippen LogP contribution < -0.4 is 5.32 Å². The normalized spacial score (nSPS) is 21.7. The SMILES string of the molecule is c1nc(COCCC2CCCNC2)cs1. The van der Waals surface area contributed by atoms with Crippen LogP contribution in [0.5, 0.6) is 0 Å². The Bertz CT molecular complexity index is 258. The second-order valence-corrected chi connectivity index (χ2v) is 4.75.